The maximum absolute atomic E-state index is 16.2. The molecule has 4 aromatic heterocycles. The van der Waals surface area contributed by atoms with Crippen LogP contribution in [0.1, 0.15) is 18.7 Å². The molecule has 50 heavy (non-hydrogen) atoms. The van der Waals surface area contributed by atoms with Crippen molar-refractivity contribution in [2.24, 2.45) is 7.05 Å². The molecule has 1 aliphatic rings. The highest BCUT2D eigenvalue weighted by Crippen LogP contribution is 2.47. The zero-order valence-corrected chi connectivity index (χ0v) is 29.3. The summed E-state index contributed by atoms with van der Waals surface area (Å²) in [4.78, 5) is 22.3. The van der Waals surface area contributed by atoms with Gasteiger partial charge in [-0.15, -0.1) is 11.3 Å². The van der Waals surface area contributed by atoms with Gasteiger partial charge in [-0.3, -0.25) is 14.2 Å². The minimum Gasteiger partial charge on any atom is -0.490 e. The van der Waals surface area contributed by atoms with Crippen LogP contribution in [0.15, 0.2) is 66.2 Å². The minimum atomic E-state index is -0.779. The molecule has 1 amide bonds. The van der Waals surface area contributed by atoms with Crippen molar-refractivity contribution in [2.75, 3.05) is 47.5 Å². The second-order valence-corrected chi connectivity index (χ2v) is 13.5. The van der Waals surface area contributed by atoms with Gasteiger partial charge in [-0.1, -0.05) is 12.1 Å². The number of halogens is 2. The molecule has 258 valence electrons. The van der Waals surface area contributed by atoms with Gasteiger partial charge >= 0.3 is 0 Å². The summed E-state index contributed by atoms with van der Waals surface area (Å²) in [5, 5.41) is 13.1. The van der Waals surface area contributed by atoms with E-state index in [-0.39, 0.29) is 36.5 Å². The first kappa shape index (κ1) is 33.5. The summed E-state index contributed by atoms with van der Waals surface area (Å²) in [5.41, 5.74) is 4.82. The number of aryl methyl sites for hydroxylation is 1. The molecule has 0 saturated carbocycles. The Kier molecular flexibility index (Phi) is 9.21. The van der Waals surface area contributed by atoms with Crippen LogP contribution in [0.2, 0.25) is 0 Å². The fourth-order valence-corrected chi connectivity index (χ4v) is 7.44. The Morgan fingerprint density at radius 3 is 2.72 bits per heavy atom. The second-order valence-electron chi connectivity index (χ2n) is 12.5. The number of hydrogen-bond acceptors (Lipinski definition) is 8. The number of fused-ring (bicyclic) bond motifs is 3. The molecule has 0 aliphatic carbocycles. The Hall–Kier alpha value is -4.98. The third-order valence-corrected chi connectivity index (χ3v) is 9.89. The molecule has 7 rings (SSSR count). The van der Waals surface area contributed by atoms with Gasteiger partial charge in [-0.2, -0.15) is 10.2 Å². The monoisotopic (exact) mass is 697 g/mol. The van der Waals surface area contributed by atoms with Gasteiger partial charge in [0.05, 0.1) is 47.9 Å². The van der Waals surface area contributed by atoms with Crippen molar-refractivity contribution in [1.29, 1.82) is 0 Å². The van der Waals surface area contributed by atoms with E-state index in [4.69, 9.17) is 19.6 Å². The summed E-state index contributed by atoms with van der Waals surface area (Å²) >= 11 is 1.44. The Balaban J connectivity index is 1.43. The van der Waals surface area contributed by atoms with E-state index in [0.29, 0.717) is 42.3 Å². The van der Waals surface area contributed by atoms with Crippen LogP contribution >= 0.6 is 11.3 Å². The van der Waals surface area contributed by atoms with Gasteiger partial charge in [0.1, 0.15) is 35.4 Å². The Labute approximate surface area is 292 Å². The molecule has 0 fully saturated rings. The highest BCUT2D eigenvalue weighted by atomic mass is 32.1. The third kappa shape index (κ3) is 6.16. The van der Waals surface area contributed by atoms with Gasteiger partial charge in [-0.05, 0) is 50.7 Å². The molecule has 0 saturated heterocycles. The number of carbonyl (C=O) groups is 1. The topological polar surface area (TPSA) is 90.5 Å². The minimum absolute atomic E-state index is 0.0421. The standard InChI is InChI=1S/C37H37F2N7O3S/c1-22-30-20-28(42-46(30)13-12-45(22)32(47)7-6-11-43(2)3)36-34(33-27(39)18-25(38)19-31(33)49-15-14-48-5)37-26(10-16-50-37)35(41-36)23-8-9-29-24(17-23)21-40-44(29)4/h6-10,16-22H,11-15H2,1-5H3/b7-6+. The number of amides is 1. The molecular weight excluding hydrogens is 661 g/mol. The summed E-state index contributed by atoms with van der Waals surface area (Å²) in [6.07, 6.45) is 5.28. The third-order valence-electron chi connectivity index (χ3n) is 8.96. The molecule has 0 N–H and O–H groups in total. The molecule has 1 unspecified atom stereocenters. The van der Waals surface area contributed by atoms with Gasteiger partial charge in [-0.25, -0.2) is 13.8 Å². The summed E-state index contributed by atoms with van der Waals surface area (Å²) in [5.74, 6) is -1.57. The number of methoxy groups -OCH3 is 1. The predicted octanol–water partition coefficient (Wildman–Crippen LogP) is 6.70. The maximum Gasteiger partial charge on any atom is 0.246 e. The van der Waals surface area contributed by atoms with Crippen molar-refractivity contribution in [3.63, 3.8) is 0 Å². The molecule has 1 atom stereocenters. The molecule has 10 nitrogen and oxygen atoms in total. The van der Waals surface area contributed by atoms with Crippen molar-refractivity contribution in [3.8, 4) is 39.5 Å². The first-order chi connectivity index (χ1) is 24.1. The van der Waals surface area contributed by atoms with Gasteiger partial charge in [0, 0.05) is 72.1 Å². The molecule has 0 spiro atoms. The number of hydrogen-bond donors (Lipinski definition) is 0. The zero-order chi connectivity index (χ0) is 35.1. The van der Waals surface area contributed by atoms with Crippen molar-refractivity contribution < 1.29 is 23.0 Å². The lowest BCUT2D eigenvalue weighted by Gasteiger charge is -2.33. The van der Waals surface area contributed by atoms with Crippen LogP contribution in [0, 0.1) is 11.6 Å². The van der Waals surface area contributed by atoms with Crippen molar-refractivity contribution in [3.05, 3.63) is 83.5 Å². The van der Waals surface area contributed by atoms with Crippen LogP contribution in [0.25, 0.3) is 54.8 Å². The number of rotatable bonds is 10. The summed E-state index contributed by atoms with van der Waals surface area (Å²) in [7, 11) is 7.32. The number of likely N-dealkylation sites (N-methyl/N-ethyl adjacent to an activating group) is 1. The predicted molar refractivity (Wildman–Crippen MR) is 191 cm³/mol. The number of thiophene rings is 1. The Morgan fingerprint density at radius 2 is 1.92 bits per heavy atom. The van der Waals surface area contributed by atoms with E-state index in [9.17, 15) is 9.18 Å². The summed E-state index contributed by atoms with van der Waals surface area (Å²) in [6.45, 7) is 3.91. The highest BCUT2D eigenvalue weighted by molar-refractivity contribution is 7.18. The molecule has 2 aromatic carbocycles. The van der Waals surface area contributed by atoms with E-state index in [2.05, 4.69) is 5.10 Å². The van der Waals surface area contributed by atoms with E-state index >= 15 is 4.39 Å². The van der Waals surface area contributed by atoms with E-state index in [1.807, 2.05) is 95.2 Å². The van der Waals surface area contributed by atoms with Crippen molar-refractivity contribution >= 4 is 38.2 Å². The SMILES string of the molecule is COCCOc1cc(F)cc(F)c1-c1c(-c2cc3n(n2)CCN(C(=O)/C=C/CN(C)C)C3C)nc(-c2ccc3c(cnn3C)c2)c2ccsc12. The first-order valence-corrected chi connectivity index (χ1v) is 17.2. The van der Waals surface area contributed by atoms with Gasteiger partial charge in [0.15, 0.2) is 0 Å². The number of ether oxygens (including phenoxy) is 2. The Morgan fingerprint density at radius 1 is 1.08 bits per heavy atom. The average molecular weight is 698 g/mol. The lowest BCUT2D eigenvalue weighted by Crippen LogP contribution is -2.40. The number of carbonyl (C=O) groups excluding carboxylic acids is 1. The number of pyridine rings is 1. The average Bonchev–Trinajstić information content (AvgIpc) is 3.83. The van der Waals surface area contributed by atoms with Crippen LogP contribution in [-0.4, -0.2) is 87.8 Å². The molecule has 1 aliphatic heterocycles. The summed E-state index contributed by atoms with van der Waals surface area (Å²) < 4.78 is 46.4. The smallest absolute Gasteiger partial charge is 0.246 e. The number of aromatic nitrogens is 5. The zero-order valence-electron chi connectivity index (χ0n) is 28.5. The van der Waals surface area contributed by atoms with Gasteiger partial charge in [0.25, 0.3) is 0 Å². The van der Waals surface area contributed by atoms with Crippen molar-refractivity contribution in [2.45, 2.75) is 19.5 Å². The fraction of sp³-hybridized carbons (Fsp3) is 0.297. The van der Waals surface area contributed by atoms with E-state index in [1.54, 1.807) is 6.08 Å². The lowest BCUT2D eigenvalue weighted by atomic mass is 9.96. The molecule has 6 aromatic rings. The van der Waals surface area contributed by atoms with E-state index in [1.165, 1.54) is 24.5 Å². The number of benzene rings is 2. The van der Waals surface area contributed by atoms with E-state index in [0.717, 1.165) is 38.3 Å². The van der Waals surface area contributed by atoms with Crippen LogP contribution in [0.5, 0.6) is 5.75 Å². The van der Waals surface area contributed by atoms with Gasteiger partial charge < -0.3 is 19.3 Å². The maximum atomic E-state index is 16.2. The fourth-order valence-electron chi connectivity index (χ4n) is 6.49. The van der Waals surface area contributed by atoms with E-state index < -0.39 is 11.6 Å². The van der Waals surface area contributed by atoms with Crippen molar-refractivity contribution in [1.82, 2.24) is 34.3 Å². The Bertz CT molecular complexity index is 2260. The van der Waals surface area contributed by atoms with Crippen LogP contribution in [0.4, 0.5) is 8.78 Å². The van der Waals surface area contributed by atoms with Crippen LogP contribution in [-0.2, 0) is 23.1 Å². The molecule has 0 radical (unpaired) electrons. The summed E-state index contributed by atoms with van der Waals surface area (Å²) in [6, 6.07) is 11.7. The highest BCUT2D eigenvalue weighted by Gasteiger charge is 2.31. The molecule has 5 heterocycles. The normalized spacial score (nSPS) is 14.8. The quantitative estimate of drug-likeness (QED) is 0.116. The largest absolute Gasteiger partial charge is 0.490 e. The second kappa shape index (κ2) is 13.7. The molecular formula is C37H37F2N7O3S. The lowest BCUT2D eigenvalue weighted by molar-refractivity contribution is -0.129. The number of nitrogens with zero attached hydrogens (tertiary/aromatic N) is 7. The van der Waals surface area contributed by atoms with Gasteiger partial charge in [0.2, 0.25) is 5.91 Å². The molecule has 0 bridgehead atoms. The molecule has 13 heteroatoms. The van der Waals surface area contributed by atoms with Crippen LogP contribution < -0.4 is 4.74 Å². The first-order valence-electron chi connectivity index (χ1n) is 16.3. The van der Waals surface area contributed by atoms with Crippen LogP contribution in [0.3, 0.4) is 0 Å².